The molecule has 96 valence electrons. The number of hydrogen-bond acceptors (Lipinski definition) is 2. The monoisotopic (exact) mass is 308 g/mol. The Morgan fingerprint density at radius 1 is 1.00 bits per heavy atom. The first-order chi connectivity index (χ1) is 7.73. The Balaban J connectivity index is 3.14. The summed E-state index contributed by atoms with van der Waals surface area (Å²) >= 11 is -1.75. The molecular weight excluding hydrogens is 292 g/mol. The summed E-state index contributed by atoms with van der Waals surface area (Å²) in [6, 6.07) is 5.63. The molecule has 2 nitrogen and oxygen atoms in total. The van der Waals surface area contributed by atoms with E-state index >= 15 is 0 Å². The molecule has 0 saturated heterocycles. The molecular formula is C11H16AsF3N2. The molecule has 1 aromatic rings. The Kier molecular flexibility index (Phi) is 4.64. The average Bonchev–Trinajstić information content (AvgIpc) is 2.15. The van der Waals surface area contributed by atoms with Crippen molar-refractivity contribution in [1.29, 1.82) is 0 Å². The Labute approximate surface area is 105 Å². The minimum atomic E-state index is -4.27. The van der Waals surface area contributed by atoms with Crippen molar-refractivity contribution in [1.82, 2.24) is 7.63 Å². The average molecular weight is 308 g/mol. The van der Waals surface area contributed by atoms with Gasteiger partial charge in [-0.25, -0.2) is 0 Å². The first kappa shape index (κ1) is 14.5. The fraction of sp³-hybridized carbons (Fsp3) is 0.455. The fourth-order valence-corrected chi connectivity index (χ4v) is 6.06. The topological polar surface area (TPSA) is 6.48 Å². The van der Waals surface area contributed by atoms with Gasteiger partial charge >= 0.3 is 104 Å². The van der Waals surface area contributed by atoms with E-state index in [2.05, 4.69) is 0 Å². The molecule has 6 heteroatoms. The summed E-state index contributed by atoms with van der Waals surface area (Å²) in [5.74, 6) is 0. The molecule has 0 radical (unpaired) electrons. The molecule has 0 aliphatic rings. The second-order valence-corrected chi connectivity index (χ2v) is 9.69. The van der Waals surface area contributed by atoms with Crippen molar-refractivity contribution in [3.63, 3.8) is 0 Å². The van der Waals surface area contributed by atoms with Crippen molar-refractivity contribution in [3.8, 4) is 0 Å². The maximum atomic E-state index is 12.6. The standard InChI is InChI=1S/C11H16AsF3N2/c1-16(2)12(17(3)4)10-7-5-6-9(8-10)11(13,14)15/h5-8H,1-4H3. The fourth-order valence-electron chi connectivity index (χ4n) is 1.63. The van der Waals surface area contributed by atoms with Crippen LogP contribution in [0.4, 0.5) is 13.2 Å². The van der Waals surface area contributed by atoms with Crippen LogP contribution in [0.1, 0.15) is 5.56 Å². The maximum absolute atomic E-state index is 12.6. The van der Waals surface area contributed by atoms with Gasteiger partial charge in [-0.05, 0) is 0 Å². The predicted molar refractivity (Wildman–Crippen MR) is 64.2 cm³/mol. The number of halogens is 3. The molecule has 1 rings (SSSR count). The zero-order valence-electron chi connectivity index (χ0n) is 10.3. The normalized spacial score (nSPS) is 12.8. The quantitative estimate of drug-likeness (QED) is 0.781. The van der Waals surface area contributed by atoms with Gasteiger partial charge in [0.2, 0.25) is 0 Å². The Bertz CT molecular complexity index is 369. The van der Waals surface area contributed by atoms with Gasteiger partial charge in [-0.2, -0.15) is 0 Å². The van der Waals surface area contributed by atoms with Gasteiger partial charge in [0, 0.05) is 0 Å². The summed E-state index contributed by atoms with van der Waals surface area (Å²) in [6.07, 6.45) is -4.27. The van der Waals surface area contributed by atoms with E-state index in [0.717, 1.165) is 10.4 Å². The number of nitrogens with zero attached hydrogens (tertiary/aromatic N) is 2. The van der Waals surface area contributed by atoms with Crippen molar-refractivity contribution in [2.75, 3.05) is 28.2 Å². The van der Waals surface area contributed by atoms with Crippen LogP contribution in [0.25, 0.3) is 0 Å². The van der Waals surface area contributed by atoms with Crippen LogP contribution >= 0.6 is 0 Å². The van der Waals surface area contributed by atoms with E-state index in [1.54, 1.807) is 6.07 Å². The van der Waals surface area contributed by atoms with E-state index in [-0.39, 0.29) is 0 Å². The predicted octanol–water partition coefficient (Wildman–Crippen LogP) is 1.52. The molecule has 0 unspecified atom stereocenters. The molecule has 1 aromatic carbocycles. The zero-order chi connectivity index (χ0) is 13.2. The molecule has 0 saturated carbocycles. The SMILES string of the molecule is CN(C)[As](c1cccc(C(F)(F)F)c1)N(C)C. The Morgan fingerprint density at radius 3 is 1.94 bits per heavy atom. The third-order valence-electron chi connectivity index (χ3n) is 2.16. The van der Waals surface area contributed by atoms with Gasteiger partial charge in [0.05, 0.1) is 0 Å². The molecule has 0 aromatic heterocycles. The van der Waals surface area contributed by atoms with Crippen LogP contribution < -0.4 is 4.35 Å². The van der Waals surface area contributed by atoms with Crippen LogP contribution in [0.3, 0.4) is 0 Å². The van der Waals surface area contributed by atoms with Crippen molar-refractivity contribution < 1.29 is 13.2 Å². The van der Waals surface area contributed by atoms with Crippen molar-refractivity contribution in [3.05, 3.63) is 29.8 Å². The third kappa shape index (κ3) is 3.73. The van der Waals surface area contributed by atoms with Crippen LogP contribution in [0.5, 0.6) is 0 Å². The number of benzene rings is 1. The van der Waals surface area contributed by atoms with Gasteiger partial charge in [-0.1, -0.05) is 0 Å². The van der Waals surface area contributed by atoms with Gasteiger partial charge in [0.25, 0.3) is 0 Å². The van der Waals surface area contributed by atoms with E-state index in [1.807, 2.05) is 35.8 Å². The van der Waals surface area contributed by atoms with E-state index in [1.165, 1.54) is 12.1 Å². The second kappa shape index (κ2) is 5.42. The van der Waals surface area contributed by atoms with E-state index in [9.17, 15) is 13.2 Å². The van der Waals surface area contributed by atoms with Gasteiger partial charge in [0.15, 0.2) is 0 Å². The van der Waals surface area contributed by atoms with Crippen molar-refractivity contribution >= 4 is 19.5 Å². The number of hydrogen-bond donors (Lipinski definition) is 0. The molecule has 0 amide bonds. The van der Waals surface area contributed by atoms with Crippen LogP contribution in [0.2, 0.25) is 0 Å². The Hall–Kier alpha value is -0.512. The molecule has 17 heavy (non-hydrogen) atoms. The van der Waals surface area contributed by atoms with E-state index in [0.29, 0.717) is 0 Å². The molecule has 0 atom stereocenters. The van der Waals surface area contributed by atoms with Crippen LogP contribution in [0, 0.1) is 0 Å². The molecule has 0 bridgehead atoms. The van der Waals surface area contributed by atoms with Gasteiger partial charge in [-0.15, -0.1) is 0 Å². The molecule has 0 spiro atoms. The van der Waals surface area contributed by atoms with Gasteiger partial charge in [-0.3, -0.25) is 0 Å². The minimum absolute atomic E-state index is 0.571. The molecule has 0 aliphatic heterocycles. The second-order valence-electron chi connectivity index (χ2n) is 4.03. The Morgan fingerprint density at radius 2 is 1.53 bits per heavy atom. The van der Waals surface area contributed by atoms with Gasteiger partial charge in [0.1, 0.15) is 0 Å². The first-order valence-corrected chi connectivity index (χ1v) is 7.67. The zero-order valence-corrected chi connectivity index (χ0v) is 12.2. The van der Waals surface area contributed by atoms with E-state index < -0.39 is 26.8 Å². The summed E-state index contributed by atoms with van der Waals surface area (Å²) in [5.41, 5.74) is -0.571. The molecule has 0 heterocycles. The summed E-state index contributed by atoms with van der Waals surface area (Å²) in [6.45, 7) is 0. The number of rotatable bonds is 3. The summed E-state index contributed by atoms with van der Waals surface area (Å²) < 4.78 is 42.7. The molecule has 0 fully saturated rings. The van der Waals surface area contributed by atoms with Crippen molar-refractivity contribution in [2.45, 2.75) is 6.18 Å². The molecule has 0 N–H and O–H groups in total. The summed E-state index contributed by atoms with van der Waals surface area (Å²) in [4.78, 5) is 0. The van der Waals surface area contributed by atoms with Crippen LogP contribution in [0.15, 0.2) is 24.3 Å². The first-order valence-electron chi connectivity index (χ1n) is 5.05. The molecule has 0 aliphatic carbocycles. The van der Waals surface area contributed by atoms with Crippen molar-refractivity contribution in [2.24, 2.45) is 0 Å². The third-order valence-corrected chi connectivity index (χ3v) is 6.89. The summed E-state index contributed by atoms with van der Waals surface area (Å²) in [5, 5.41) is 0. The number of alkyl halides is 3. The van der Waals surface area contributed by atoms with Crippen LogP contribution in [-0.2, 0) is 6.18 Å². The van der Waals surface area contributed by atoms with E-state index in [4.69, 9.17) is 0 Å². The van der Waals surface area contributed by atoms with Gasteiger partial charge < -0.3 is 0 Å². The van der Waals surface area contributed by atoms with Crippen LogP contribution in [-0.4, -0.2) is 50.9 Å². The summed E-state index contributed by atoms with van der Waals surface area (Å²) in [7, 11) is 7.61.